The van der Waals surface area contributed by atoms with Gasteiger partial charge in [0.05, 0.1) is 19.1 Å². The maximum absolute atomic E-state index is 12.0. The first-order valence-electron chi connectivity index (χ1n) is 8.89. The number of carbonyl (C=O) groups is 2. The van der Waals surface area contributed by atoms with Gasteiger partial charge in [-0.2, -0.15) is 0 Å². The topological polar surface area (TPSA) is 82.5 Å². The number of carbonyl (C=O) groups excluding carboxylic acids is 2. The molecule has 1 aromatic carbocycles. The fourth-order valence-corrected chi connectivity index (χ4v) is 2.53. The fourth-order valence-electron chi connectivity index (χ4n) is 2.53. The van der Waals surface area contributed by atoms with Crippen LogP contribution in [0.15, 0.2) is 42.9 Å². The Hall–Kier alpha value is -2.83. The third-order valence-corrected chi connectivity index (χ3v) is 3.78. The van der Waals surface area contributed by atoms with Gasteiger partial charge in [0.15, 0.2) is 0 Å². The van der Waals surface area contributed by atoms with Crippen molar-refractivity contribution in [3.05, 3.63) is 54.1 Å². The largest absolute Gasteiger partial charge is 0.467 e. The molecule has 7 heteroatoms. The quantitative estimate of drug-likeness (QED) is 0.755. The van der Waals surface area contributed by atoms with E-state index in [1.165, 1.54) is 12.7 Å². The average Bonchev–Trinajstić information content (AvgIpc) is 3.05. The van der Waals surface area contributed by atoms with E-state index in [1.807, 2.05) is 29.0 Å². The molecule has 0 aliphatic rings. The smallest absolute Gasteiger partial charge is 0.408 e. The molecule has 2 aromatic rings. The SMILES string of the molecule is COC(=O)[C@H](Cc1cn(CCc2ccccc2)cn1)NC(=O)OC(C)(C)C. The van der Waals surface area contributed by atoms with Crippen molar-refractivity contribution in [3.8, 4) is 0 Å². The van der Waals surface area contributed by atoms with Crippen molar-refractivity contribution in [1.82, 2.24) is 14.9 Å². The molecule has 146 valence electrons. The minimum Gasteiger partial charge on any atom is -0.467 e. The monoisotopic (exact) mass is 373 g/mol. The van der Waals surface area contributed by atoms with Crippen molar-refractivity contribution in [3.63, 3.8) is 0 Å². The Labute approximate surface area is 159 Å². The molecule has 27 heavy (non-hydrogen) atoms. The van der Waals surface area contributed by atoms with Crippen molar-refractivity contribution in [2.24, 2.45) is 0 Å². The molecular formula is C20H27N3O4. The molecule has 1 atom stereocenters. The van der Waals surface area contributed by atoms with E-state index in [0.717, 1.165) is 13.0 Å². The van der Waals surface area contributed by atoms with Crippen molar-refractivity contribution >= 4 is 12.1 Å². The molecule has 1 aromatic heterocycles. The number of alkyl carbamates (subject to hydrolysis) is 1. The van der Waals surface area contributed by atoms with Crippen LogP contribution in [-0.4, -0.2) is 40.4 Å². The van der Waals surface area contributed by atoms with Gasteiger partial charge in [0.2, 0.25) is 0 Å². The molecular weight excluding hydrogens is 346 g/mol. The number of hydrogen-bond donors (Lipinski definition) is 1. The first-order chi connectivity index (χ1) is 12.8. The van der Waals surface area contributed by atoms with E-state index in [4.69, 9.17) is 9.47 Å². The second kappa shape index (κ2) is 9.21. The highest BCUT2D eigenvalue weighted by Gasteiger charge is 2.26. The van der Waals surface area contributed by atoms with Crippen molar-refractivity contribution in [1.29, 1.82) is 0 Å². The van der Waals surface area contributed by atoms with Crippen LogP contribution in [0, 0.1) is 0 Å². The molecule has 0 aliphatic carbocycles. The third kappa shape index (κ3) is 7.13. The molecule has 0 radical (unpaired) electrons. The lowest BCUT2D eigenvalue weighted by molar-refractivity contribution is -0.143. The summed E-state index contributed by atoms with van der Waals surface area (Å²) in [6, 6.07) is 9.31. The summed E-state index contributed by atoms with van der Waals surface area (Å²) >= 11 is 0. The molecule has 1 heterocycles. The van der Waals surface area contributed by atoms with Crippen molar-refractivity contribution in [2.45, 2.75) is 51.8 Å². The highest BCUT2D eigenvalue weighted by atomic mass is 16.6. The Balaban J connectivity index is 1.95. The van der Waals surface area contributed by atoms with Gasteiger partial charge in [0.25, 0.3) is 0 Å². The Morgan fingerprint density at radius 3 is 2.56 bits per heavy atom. The Kier molecular flexibility index (Phi) is 6.98. The van der Waals surface area contributed by atoms with Crippen LogP contribution in [0.25, 0.3) is 0 Å². The summed E-state index contributed by atoms with van der Waals surface area (Å²) in [7, 11) is 1.28. The van der Waals surface area contributed by atoms with E-state index in [-0.39, 0.29) is 6.42 Å². The molecule has 2 rings (SSSR count). The van der Waals surface area contributed by atoms with Gasteiger partial charge in [-0.05, 0) is 32.8 Å². The predicted octanol–water partition coefficient (Wildman–Crippen LogP) is 2.73. The molecule has 0 aliphatic heterocycles. The number of ether oxygens (including phenoxy) is 2. The molecule has 0 bridgehead atoms. The van der Waals surface area contributed by atoms with Crippen LogP contribution in [-0.2, 0) is 33.7 Å². The summed E-state index contributed by atoms with van der Waals surface area (Å²) in [5.41, 5.74) is 1.28. The summed E-state index contributed by atoms with van der Waals surface area (Å²) in [6.45, 7) is 6.05. The van der Waals surface area contributed by atoms with E-state index in [9.17, 15) is 9.59 Å². The summed E-state index contributed by atoms with van der Waals surface area (Å²) in [4.78, 5) is 28.3. The molecule has 7 nitrogen and oxygen atoms in total. The zero-order chi connectivity index (χ0) is 19.9. The van der Waals surface area contributed by atoms with Gasteiger partial charge in [-0.15, -0.1) is 0 Å². The standard InChI is InChI=1S/C20H27N3O4/c1-20(2,3)27-19(25)22-17(18(24)26-4)12-16-13-23(14-21-16)11-10-15-8-6-5-7-9-15/h5-9,13-14,17H,10-12H2,1-4H3,(H,22,25)/t17-/m0/s1. The number of benzene rings is 1. The van der Waals surface area contributed by atoms with Gasteiger partial charge >= 0.3 is 12.1 Å². The lowest BCUT2D eigenvalue weighted by Gasteiger charge is -2.22. The van der Waals surface area contributed by atoms with Crippen LogP contribution >= 0.6 is 0 Å². The number of hydrogen-bond acceptors (Lipinski definition) is 5. The lowest BCUT2D eigenvalue weighted by atomic mass is 10.1. The van der Waals surface area contributed by atoms with Gasteiger partial charge in [0.1, 0.15) is 11.6 Å². The fraction of sp³-hybridized carbons (Fsp3) is 0.450. The summed E-state index contributed by atoms with van der Waals surface area (Å²) in [5.74, 6) is -0.542. The van der Waals surface area contributed by atoms with E-state index < -0.39 is 23.7 Å². The molecule has 0 saturated heterocycles. The van der Waals surface area contributed by atoms with Crippen LogP contribution in [0.1, 0.15) is 32.0 Å². The molecule has 1 N–H and O–H groups in total. The minimum absolute atomic E-state index is 0.226. The number of nitrogens with one attached hydrogen (secondary N) is 1. The first-order valence-corrected chi connectivity index (χ1v) is 8.89. The number of esters is 1. The highest BCUT2D eigenvalue weighted by molar-refractivity contribution is 5.81. The second-order valence-electron chi connectivity index (χ2n) is 7.26. The number of aryl methyl sites for hydroxylation is 2. The van der Waals surface area contributed by atoms with Gasteiger partial charge in [-0.3, -0.25) is 0 Å². The van der Waals surface area contributed by atoms with Crippen LogP contribution in [0.5, 0.6) is 0 Å². The molecule has 0 saturated carbocycles. The van der Waals surface area contributed by atoms with Gasteiger partial charge in [-0.1, -0.05) is 30.3 Å². The number of amides is 1. The minimum atomic E-state index is -0.859. The normalized spacial score (nSPS) is 12.3. The maximum atomic E-state index is 12.0. The number of imidazole rings is 1. The number of aromatic nitrogens is 2. The summed E-state index contributed by atoms with van der Waals surface area (Å²) in [6.07, 6.45) is 4.04. The number of nitrogens with zero attached hydrogens (tertiary/aromatic N) is 2. The average molecular weight is 373 g/mol. The molecule has 0 spiro atoms. The Bertz CT molecular complexity index is 750. The van der Waals surface area contributed by atoms with E-state index in [1.54, 1.807) is 27.1 Å². The van der Waals surface area contributed by atoms with E-state index in [0.29, 0.717) is 5.69 Å². The zero-order valence-corrected chi connectivity index (χ0v) is 16.3. The number of rotatable bonds is 7. The van der Waals surface area contributed by atoms with Gasteiger partial charge < -0.3 is 19.4 Å². The van der Waals surface area contributed by atoms with Gasteiger partial charge in [-0.25, -0.2) is 14.6 Å². The third-order valence-electron chi connectivity index (χ3n) is 3.78. The van der Waals surface area contributed by atoms with E-state index in [2.05, 4.69) is 22.4 Å². The van der Waals surface area contributed by atoms with Crippen molar-refractivity contribution in [2.75, 3.05) is 7.11 Å². The zero-order valence-electron chi connectivity index (χ0n) is 16.3. The Morgan fingerprint density at radius 1 is 1.22 bits per heavy atom. The predicted molar refractivity (Wildman–Crippen MR) is 101 cm³/mol. The number of methoxy groups -OCH3 is 1. The molecule has 1 amide bonds. The highest BCUT2D eigenvalue weighted by Crippen LogP contribution is 2.09. The van der Waals surface area contributed by atoms with Crippen LogP contribution in [0.2, 0.25) is 0 Å². The van der Waals surface area contributed by atoms with Crippen LogP contribution < -0.4 is 5.32 Å². The van der Waals surface area contributed by atoms with Crippen LogP contribution in [0.4, 0.5) is 4.79 Å². The van der Waals surface area contributed by atoms with Gasteiger partial charge in [0, 0.05) is 19.2 Å². The first kappa shape index (κ1) is 20.5. The second-order valence-corrected chi connectivity index (χ2v) is 7.26. The maximum Gasteiger partial charge on any atom is 0.408 e. The van der Waals surface area contributed by atoms with Crippen molar-refractivity contribution < 1.29 is 19.1 Å². The molecule has 0 fully saturated rings. The summed E-state index contributed by atoms with van der Waals surface area (Å²) < 4.78 is 12.0. The van der Waals surface area contributed by atoms with E-state index >= 15 is 0 Å². The lowest BCUT2D eigenvalue weighted by Crippen LogP contribution is -2.45. The van der Waals surface area contributed by atoms with Crippen LogP contribution in [0.3, 0.4) is 0 Å². The summed E-state index contributed by atoms with van der Waals surface area (Å²) in [5, 5.41) is 2.55. The Morgan fingerprint density at radius 2 is 1.93 bits per heavy atom. The molecule has 0 unspecified atom stereocenters.